The average molecular weight is 379 g/mol. The number of halogens is 1. The van der Waals surface area contributed by atoms with Crippen LogP contribution in [0.2, 0.25) is 0 Å². The molecule has 0 amide bonds. The maximum atomic E-state index is 6.36. The van der Waals surface area contributed by atoms with Gasteiger partial charge in [-0.15, -0.1) is 0 Å². The van der Waals surface area contributed by atoms with E-state index >= 15 is 0 Å². The highest BCUT2D eigenvalue weighted by Crippen LogP contribution is 2.26. The summed E-state index contributed by atoms with van der Waals surface area (Å²) >= 11 is 6.36. The van der Waals surface area contributed by atoms with E-state index in [2.05, 4.69) is 15.2 Å². The second kappa shape index (κ2) is 7.47. The molecule has 6 nitrogen and oxygen atoms in total. The molecule has 4 rings (SSSR count). The van der Waals surface area contributed by atoms with Crippen LogP contribution < -0.4 is 4.74 Å². The first kappa shape index (κ1) is 17.1. The molecule has 0 fully saturated rings. The Morgan fingerprint density at radius 2 is 2.00 bits per heavy atom. The molecule has 0 saturated carbocycles. The number of methoxy groups -OCH3 is 1. The predicted molar refractivity (Wildman–Crippen MR) is 104 cm³/mol. The monoisotopic (exact) mass is 378 g/mol. The van der Waals surface area contributed by atoms with E-state index in [1.54, 1.807) is 24.1 Å². The second-order valence-corrected chi connectivity index (χ2v) is 6.11. The molecule has 0 spiro atoms. The topological polar surface area (TPSA) is 66.0 Å². The van der Waals surface area contributed by atoms with Crippen molar-refractivity contribution < 1.29 is 9.26 Å². The lowest BCUT2D eigenvalue weighted by Gasteiger charge is -1.99. The van der Waals surface area contributed by atoms with E-state index in [9.17, 15) is 0 Å². The third-order valence-electron chi connectivity index (χ3n) is 3.87. The Morgan fingerprint density at radius 1 is 1.15 bits per heavy atom. The molecule has 2 heterocycles. The smallest absolute Gasteiger partial charge is 0.269 e. The first-order chi connectivity index (χ1) is 13.2. The van der Waals surface area contributed by atoms with Crippen LogP contribution in [0.15, 0.2) is 71.5 Å². The molecule has 0 atom stereocenters. The third kappa shape index (κ3) is 3.75. The molecular weight excluding hydrogens is 364 g/mol. The zero-order valence-electron chi connectivity index (χ0n) is 14.4. The van der Waals surface area contributed by atoms with Crippen LogP contribution in [0.1, 0.15) is 11.5 Å². The summed E-state index contributed by atoms with van der Waals surface area (Å²) in [5.41, 5.74) is 2.57. The van der Waals surface area contributed by atoms with Gasteiger partial charge in [-0.1, -0.05) is 47.1 Å². The molecule has 2 aromatic heterocycles. The number of ether oxygens (including phenoxy) is 1. The fraction of sp³-hybridized carbons (Fsp3) is 0.0500. The first-order valence-electron chi connectivity index (χ1n) is 8.19. The number of hydrogen-bond acceptors (Lipinski definition) is 5. The minimum Gasteiger partial charge on any atom is -0.497 e. The van der Waals surface area contributed by atoms with Crippen molar-refractivity contribution in [2.75, 3.05) is 7.11 Å². The molecule has 0 saturated heterocycles. The van der Waals surface area contributed by atoms with E-state index in [-0.39, 0.29) is 5.89 Å². The van der Waals surface area contributed by atoms with Gasteiger partial charge in [-0.25, -0.2) is 4.68 Å². The number of benzene rings is 2. The van der Waals surface area contributed by atoms with Crippen LogP contribution in [0, 0.1) is 0 Å². The lowest BCUT2D eigenvalue weighted by atomic mass is 10.2. The van der Waals surface area contributed by atoms with Gasteiger partial charge in [-0.3, -0.25) is 0 Å². The van der Waals surface area contributed by atoms with E-state index < -0.39 is 0 Å². The minimum atomic E-state index is 0.238. The molecule has 2 aromatic carbocycles. The van der Waals surface area contributed by atoms with Crippen LogP contribution in [-0.4, -0.2) is 27.0 Å². The summed E-state index contributed by atoms with van der Waals surface area (Å²) in [5.74, 6) is 1.39. The predicted octanol–water partition coefficient (Wildman–Crippen LogP) is 4.67. The fourth-order valence-electron chi connectivity index (χ4n) is 2.54. The molecule has 0 aliphatic heterocycles. The quantitative estimate of drug-likeness (QED) is 0.505. The van der Waals surface area contributed by atoms with Crippen LogP contribution in [0.4, 0.5) is 0 Å². The first-order valence-corrected chi connectivity index (χ1v) is 8.56. The summed E-state index contributed by atoms with van der Waals surface area (Å²) in [4.78, 5) is 4.36. The van der Waals surface area contributed by atoms with E-state index in [0.29, 0.717) is 16.6 Å². The van der Waals surface area contributed by atoms with Crippen LogP contribution in [0.3, 0.4) is 0 Å². The number of hydrogen-bond donors (Lipinski definition) is 0. The SMILES string of the molecule is COc1cccc(-c2noc(/C(Cl)=C/c3cnn(-c4ccccc4)c3)n2)c1. The summed E-state index contributed by atoms with van der Waals surface area (Å²) in [7, 11) is 1.61. The highest BCUT2D eigenvalue weighted by Gasteiger charge is 2.12. The molecular formula is C20H15ClN4O2. The molecule has 0 radical (unpaired) electrons. The Balaban J connectivity index is 1.57. The summed E-state index contributed by atoms with van der Waals surface area (Å²) in [6.07, 6.45) is 5.32. The van der Waals surface area contributed by atoms with Gasteiger partial charge in [-0.2, -0.15) is 10.1 Å². The summed E-state index contributed by atoms with van der Waals surface area (Å²) in [6.45, 7) is 0. The van der Waals surface area contributed by atoms with Crippen molar-refractivity contribution in [3.63, 3.8) is 0 Å². The van der Waals surface area contributed by atoms with E-state index in [0.717, 1.165) is 16.8 Å². The third-order valence-corrected chi connectivity index (χ3v) is 4.15. The van der Waals surface area contributed by atoms with Gasteiger partial charge >= 0.3 is 0 Å². The van der Waals surface area contributed by atoms with Crippen molar-refractivity contribution in [3.05, 3.63) is 78.4 Å². The normalized spacial score (nSPS) is 11.6. The Kier molecular flexibility index (Phi) is 4.72. The summed E-state index contributed by atoms with van der Waals surface area (Å²) < 4.78 is 12.3. The molecule has 0 N–H and O–H groups in total. The number of aromatic nitrogens is 4. The van der Waals surface area contributed by atoms with Gasteiger partial charge in [0.25, 0.3) is 5.89 Å². The number of para-hydroxylation sites is 1. The summed E-state index contributed by atoms with van der Waals surface area (Å²) in [6, 6.07) is 17.2. The number of nitrogens with zero attached hydrogens (tertiary/aromatic N) is 4. The standard InChI is InChI=1S/C20H15ClN4O2/c1-26-17-9-5-6-15(11-17)19-23-20(27-24-19)18(21)10-14-12-22-25(13-14)16-7-3-2-4-8-16/h2-13H,1H3/b18-10-. The molecule has 134 valence electrons. The van der Waals surface area contributed by atoms with Gasteiger partial charge in [0.05, 0.1) is 19.0 Å². The lowest BCUT2D eigenvalue weighted by Crippen LogP contribution is -1.92. The second-order valence-electron chi connectivity index (χ2n) is 5.70. The van der Waals surface area contributed by atoms with Crippen molar-refractivity contribution in [2.45, 2.75) is 0 Å². The molecule has 27 heavy (non-hydrogen) atoms. The summed E-state index contributed by atoms with van der Waals surface area (Å²) in [5, 5.41) is 8.66. The highest BCUT2D eigenvalue weighted by atomic mass is 35.5. The molecule has 0 aliphatic rings. The molecule has 0 bridgehead atoms. The molecule has 0 aliphatic carbocycles. The highest BCUT2D eigenvalue weighted by molar-refractivity contribution is 6.50. The van der Waals surface area contributed by atoms with Crippen molar-refractivity contribution in [2.24, 2.45) is 0 Å². The van der Waals surface area contributed by atoms with Gasteiger partial charge < -0.3 is 9.26 Å². The lowest BCUT2D eigenvalue weighted by molar-refractivity contribution is 0.409. The van der Waals surface area contributed by atoms with Crippen LogP contribution in [-0.2, 0) is 0 Å². The fourth-order valence-corrected chi connectivity index (χ4v) is 2.74. The maximum Gasteiger partial charge on any atom is 0.269 e. The van der Waals surface area contributed by atoms with Crippen LogP contribution in [0.25, 0.3) is 28.2 Å². The Bertz CT molecular complexity index is 1090. The van der Waals surface area contributed by atoms with Gasteiger partial charge in [0, 0.05) is 17.3 Å². The zero-order chi connectivity index (χ0) is 18.6. The Labute approximate surface area is 160 Å². The Hall–Kier alpha value is -3.38. The van der Waals surface area contributed by atoms with E-state index in [1.807, 2.05) is 60.8 Å². The van der Waals surface area contributed by atoms with Gasteiger partial charge in [0.15, 0.2) is 0 Å². The van der Waals surface area contributed by atoms with Crippen molar-refractivity contribution >= 4 is 22.7 Å². The Morgan fingerprint density at radius 3 is 2.81 bits per heavy atom. The van der Waals surface area contributed by atoms with Crippen LogP contribution >= 0.6 is 11.6 Å². The van der Waals surface area contributed by atoms with Gasteiger partial charge in [0.2, 0.25) is 5.82 Å². The largest absolute Gasteiger partial charge is 0.497 e. The van der Waals surface area contributed by atoms with E-state index in [4.69, 9.17) is 20.9 Å². The van der Waals surface area contributed by atoms with E-state index in [1.165, 1.54) is 0 Å². The van der Waals surface area contributed by atoms with Gasteiger partial charge in [-0.05, 0) is 30.3 Å². The maximum absolute atomic E-state index is 6.36. The molecule has 0 unspecified atom stereocenters. The molecule has 7 heteroatoms. The van der Waals surface area contributed by atoms with Crippen molar-refractivity contribution in [1.29, 1.82) is 0 Å². The van der Waals surface area contributed by atoms with Crippen LogP contribution in [0.5, 0.6) is 5.75 Å². The zero-order valence-corrected chi connectivity index (χ0v) is 15.2. The molecule has 4 aromatic rings. The van der Waals surface area contributed by atoms with Crippen molar-refractivity contribution in [1.82, 2.24) is 19.9 Å². The van der Waals surface area contributed by atoms with Crippen molar-refractivity contribution in [3.8, 4) is 22.8 Å². The minimum absolute atomic E-state index is 0.238. The average Bonchev–Trinajstić information content (AvgIpc) is 3.39. The van der Waals surface area contributed by atoms with Gasteiger partial charge in [0.1, 0.15) is 10.8 Å². The number of rotatable bonds is 5.